The van der Waals surface area contributed by atoms with Crippen LogP contribution >= 0.6 is 0 Å². The van der Waals surface area contributed by atoms with Gasteiger partial charge in [-0.2, -0.15) is 0 Å². The van der Waals surface area contributed by atoms with E-state index in [9.17, 15) is 0 Å². The maximum Gasteiger partial charge on any atom is 0.0193 e. The van der Waals surface area contributed by atoms with Gasteiger partial charge in [-0.25, -0.2) is 0 Å². The van der Waals surface area contributed by atoms with Gasteiger partial charge in [0, 0.05) is 5.54 Å². The summed E-state index contributed by atoms with van der Waals surface area (Å²) in [6.45, 7) is 2.17. The molecule has 0 atom stereocenters. The molecular weight excluding hydrogens is 170 g/mol. The van der Waals surface area contributed by atoms with Crippen molar-refractivity contribution in [3.05, 3.63) is 41.5 Å². The highest BCUT2D eigenvalue weighted by molar-refractivity contribution is 5.52. The molecule has 14 heavy (non-hydrogen) atoms. The van der Waals surface area contributed by atoms with Gasteiger partial charge in [0.2, 0.25) is 0 Å². The molecular formula is C13H17N. The average Bonchev–Trinajstić information content (AvgIpc) is 2.84. The summed E-state index contributed by atoms with van der Waals surface area (Å²) in [5.74, 6) is 0. The SMILES string of the molecule is C/C(=C\c1ccccc1)CC1(N)CC1. The molecule has 1 aromatic carbocycles. The largest absolute Gasteiger partial charge is 0.325 e. The normalized spacial score (nSPS) is 19.4. The van der Waals surface area contributed by atoms with Crippen LogP contribution in [0.4, 0.5) is 0 Å². The topological polar surface area (TPSA) is 26.0 Å². The van der Waals surface area contributed by atoms with E-state index in [-0.39, 0.29) is 5.54 Å². The number of hydrogen-bond donors (Lipinski definition) is 1. The molecule has 0 radical (unpaired) electrons. The molecule has 74 valence electrons. The lowest BCUT2D eigenvalue weighted by atomic mass is 10.0. The first-order valence-electron chi connectivity index (χ1n) is 5.19. The Balaban J connectivity index is 2.03. The van der Waals surface area contributed by atoms with E-state index in [1.165, 1.54) is 24.0 Å². The summed E-state index contributed by atoms with van der Waals surface area (Å²) in [7, 11) is 0. The van der Waals surface area contributed by atoms with Crippen molar-refractivity contribution < 1.29 is 0 Å². The van der Waals surface area contributed by atoms with Crippen molar-refractivity contribution >= 4 is 6.08 Å². The van der Waals surface area contributed by atoms with E-state index in [0.717, 1.165) is 6.42 Å². The second-order valence-electron chi connectivity index (χ2n) is 4.44. The van der Waals surface area contributed by atoms with Crippen LogP contribution in [0, 0.1) is 0 Å². The van der Waals surface area contributed by atoms with Crippen molar-refractivity contribution in [3.63, 3.8) is 0 Å². The molecule has 1 aliphatic carbocycles. The van der Waals surface area contributed by atoms with E-state index in [1.54, 1.807) is 0 Å². The highest BCUT2D eigenvalue weighted by atomic mass is 14.8. The van der Waals surface area contributed by atoms with Gasteiger partial charge in [-0.1, -0.05) is 42.0 Å². The summed E-state index contributed by atoms with van der Waals surface area (Å²) in [6, 6.07) is 10.4. The van der Waals surface area contributed by atoms with Crippen LogP contribution in [0.1, 0.15) is 31.7 Å². The first-order chi connectivity index (χ1) is 6.68. The predicted octanol–water partition coefficient (Wildman–Crippen LogP) is 2.97. The first-order valence-corrected chi connectivity index (χ1v) is 5.19. The zero-order valence-electron chi connectivity index (χ0n) is 8.66. The molecule has 1 aliphatic rings. The zero-order chi connectivity index (χ0) is 10.0. The third kappa shape index (κ3) is 2.46. The molecule has 0 bridgehead atoms. The average molecular weight is 187 g/mol. The number of nitrogens with two attached hydrogens (primary N) is 1. The Hall–Kier alpha value is -1.08. The van der Waals surface area contributed by atoms with E-state index < -0.39 is 0 Å². The quantitative estimate of drug-likeness (QED) is 0.773. The Labute approximate surface area is 85.6 Å². The molecule has 1 heteroatoms. The maximum atomic E-state index is 6.06. The number of hydrogen-bond acceptors (Lipinski definition) is 1. The fraction of sp³-hybridized carbons (Fsp3) is 0.385. The van der Waals surface area contributed by atoms with Crippen LogP contribution < -0.4 is 5.73 Å². The Morgan fingerprint density at radius 3 is 2.57 bits per heavy atom. The predicted molar refractivity (Wildman–Crippen MR) is 60.9 cm³/mol. The third-order valence-electron chi connectivity index (χ3n) is 2.74. The van der Waals surface area contributed by atoms with Crippen molar-refractivity contribution in [1.82, 2.24) is 0 Å². The highest BCUT2D eigenvalue weighted by Crippen LogP contribution is 2.38. The number of rotatable bonds is 3. The van der Waals surface area contributed by atoms with Crippen LogP contribution in [0.25, 0.3) is 6.08 Å². The summed E-state index contributed by atoms with van der Waals surface area (Å²) in [5, 5.41) is 0. The van der Waals surface area contributed by atoms with Gasteiger partial charge in [0.1, 0.15) is 0 Å². The van der Waals surface area contributed by atoms with Gasteiger partial charge >= 0.3 is 0 Å². The van der Waals surface area contributed by atoms with Crippen LogP contribution in [-0.2, 0) is 0 Å². The lowest BCUT2D eigenvalue weighted by molar-refractivity contribution is 0.669. The molecule has 0 spiro atoms. The maximum absolute atomic E-state index is 6.06. The lowest BCUT2D eigenvalue weighted by Gasteiger charge is -2.08. The first kappa shape index (κ1) is 9.47. The second kappa shape index (κ2) is 3.58. The lowest BCUT2D eigenvalue weighted by Crippen LogP contribution is -2.21. The van der Waals surface area contributed by atoms with E-state index in [1.807, 2.05) is 6.07 Å². The molecule has 0 amide bonds. The van der Waals surface area contributed by atoms with Crippen molar-refractivity contribution in [3.8, 4) is 0 Å². The summed E-state index contributed by atoms with van der Waals surface area (Å²) >= 11 is 0. The van der Waals surface area contributed by atoms with Crippen molar-refractivity contribution in [1.29, 1.82) is 0 Å². The molecule has 2 N–H and O–H groups in total. The molecule has 0 saturated heterocycles. The minimum atomic E-state index is 0.134. The molecule has 1 fully saturated rings. The summed E-state index contributed by atoms with van der Waals surface area (Å²) in [6.07, 6.45) is 5.65. The van der Waals surface area contributed by atoms with Crippen molar-refractivity contribution in [2.75, 3.05) is 0 Å². The standard InChI is InChI=1S/C13H17N/c1-11(10-13(14)7-8-13)9-12-5-3-2-4-6-12/h2-6,9H,7-8,10,14H2,1H3/b11-9+. The van der Waals surface area contributed by atoms with Crippen LogP contribution in [-0.4, -0.2) is 5.54 Å². The van der Waals surface area contributed by atoms with Gasteiger partial charge in [-0.05, 0) is 31.7 Å². The van der Waals surface area contributed by atoms with Crippen LogP contribution in [0.2, 0.25) is 0 Å². The van der Waals surface area contributed by atoms with Crippen molar-refractivity contribution in [2.24, 2.45) is 5.73 Å². The molecule has 1 aromatic rings. The van der Waals surface area contributed by atoms with Gasteiger partial charge in [-0.15, -0.1) is 0 Å². The second-order valence-corrected chi connectivity index (χ2v) is 4.44. The van der Waals surface area contributed by atoms with Crippen LogP contribution in [0.5, 0.6) is 0 Å². The Kier molecular flexibility index (Phi) is 2.42. The van der Waals surface area contributed by atoms with Gasteiger partial charge in [-0.3, -0.25) is 0 Å². The Bertz CT molecular complexity index is 334. The summed E-state index contributed by atoms with van der Waals surface area (Å²) in [5.41, 5.74) is 8.85. The highest BCUT2D eigenvalue weighted by Gasteiger charge is 2.37. The molecule has 0 aliphatic heterocycles. The molecule has 2 rings (SSSR count). The Morgan fingerprint density at radius 1 is 1.36 bits per heavy atom. The molecule has 0 heterocycles. The molecule has 1 saturated carbocycles. The number of benzene rings is 1. The van der Waals surface area contributed by atoms with Crippen molar-refractivity contribution in [2.45, 2.75) is 31.7 Å². The summed E-state index contributed by atoms with van der Waals surface area (Å²) < 4.78 is 0. The third-order valence-corrected chi connectivity index (χ3v) is 2.74. The minimum Gasteiger partial charge on any atom is -0.325 e. The molecule has 0 unspecified atom stereocenters. The molecule has 0 aromatic heterocycles. The van der Waals surface area contributed by atoms with Gasteiger partial charge in [0.25, 0.3) is 0 Å². The smallest absolute Gasteiger partial charge is 0.0193 e. The Morgan fingerprint density at radius 2 is 2.00 bits per heavy atom. The van der Waals surface area contributed by atoms with E-state index in [2.05, 4.69) is 37.3 Å². The van der Waals surface area contributed by atoms with Gasteiger partial charge < -0.3 is 5.73 Å². The van der Waals surface area contributed by atoms with Gasteiger partial charge in [0.05, 0.1) is 0 Å². The van der Waals surface area contributed by atoms with E-state index in [0.29, 0.717) is 0 Å². The fourth-order valence-electron chi connectivity index (χ4n) is 1.78. The van der Waals surface area contributed by atoms with Gasteiger partial charge in [0.15, 0.2) is 0 Å². The van der Waals surface area contributed by atoms with E-state index in [4.69, 9.17) is 5.73 Å². The minimum absolute atomic E-state index is 0.134. The fourth-order valence-corrected chi connectivity index (χ4v) is 1.78. The van der Waals surface area contributed by atoms with Crippen LogP contribution in [0.15, 0.2) is 35.9 Å². The zero-order valence-corrected chi connectivity index (χ0v) is 8.66. The van der Waals surface area contributed by atoms with E-state index >= 15 is 0 Å². The monoisotopic (exact) mass is 187 g/mol. The van der Waals surface area contributed by atoms with Crippen LogP contribution in [0.3, 0.4) is 0 Å². The summed E-state index contributed by atoms with van der Waals surface area (Å²) in [4.78, 5) is 0. The molecule has 1 nitrogen and oxygen atoms in total.